The highest BCUT2D eigenvalue weighted by Crippen LogP contribution is 2.60. The average Bonchev–Trinajstić information content (AvgIpc) is 3.32. The van der Waals surface area contributed by atoms with Crippen molar-refractivity contribution in [2.45, 2.75) is 75.4 Å². The van der Waals surface area contributed by atoms with Gasteiger partial charge in [-0.1, -0.05) is 0 Å². The van der Waals surface area contributed by atoms with Crippen LogP contribution in [0.2, 0.25) is 0 Å². The van der Waals surface area contributed by atoms with Crippen molar-refractivity contribution in [3.8, 4) is 0 Å². The Bertz CT molecular complexity index is 1020. The van der Waals surface area contributed by atoms with Crippen LogP contribution in [0.15, 0.2) is 29.7 Å². The molecule has 29 heavy (non-hydrogen) atoms. The molecule has 2 aromatic rings. The molecule has 1 N–H and O–H groups in total. The molecule has 0 spiro atoms. The van der Waals surface area contributed by atoms with Gasteiger partial charge in [0.1, 0.15) is 18.2 Å². The number of hydrogen-bond acceptors (Lipinski definition) is 4. The standard InChI is InChI=1S/C22H27N5O2/c1-14-4-5-26(17-2-3-17)20(29)18(14)19(28)25-21-7-15-6-16(8-21)10-22(9-15,11-21)27-13-23-12-24-27/h4-5,12-13,15-17H,2-3,6-11H2,1H3,(H,25,28). The van der Waals surface area contributed by atoms with Crippen molar-refractivity contribution < 1.29 is 4.79 Å². The van der Waals surface area contributed by atoms with Crippen molar-refractivity contribution in [2.24, 2.45) is 11.8 Å². The molecule has 2 heterocycles. The lowest BCUT2D eigenvalue weighted by Gasteiger charge is -2.61. The van der Waals surface area contributed by atoms with Crippen LogP contribution in [0.25, 0.3) is 0 Å². The minimum Gasteiger partial charge on any atom is -0.346 e. The molecule has 7 heteroatoms. The fourth-order valence-corrected chi connectivity index (χ4v) is 6.94. The highest BCUT2D eigenvalue weighted by Gasteiger charge is 2.59. The van der Waals surface area contributed by atoms with Crippen molar-refractivity contribution >= 4 is 5.91 Å². The SMILES string of the molecule is Cc1ccn(C2CC2)c(=O)c1C(=O)NC12CC3CC(C1)CC(n1cncn1)(C3)C2. The molecule has 7 rings (SSSR count). The summed E-state index contributed by atoms with van der Waals surface area (Å²) in [6.07, 6.45) is 13.7. The van der Waals surface area contributed by atoms with Gasteiger partial charge < -0.3 is 9.88 Å². The number of carbonyl (C=O) groups is 1. The molecule has 0 aliphatic heterocycles. The van der Waals surface area contributed by atoms with E-state index in [9.17, 15) is 9.59 Å². The average molecular weight is 393 g/mol. The summed E-state index contributed by atoms with van der Waals surface area (Å²) < 4.78 is 3.79. The van der Waals surface area contributed by atoms with Crippen LogP contribution in [0, 0.1) is 18.8 Å². The van der Waals surface area contributed by atoms with Crippen LogP contribution in [0.3, 0.4) is 0 Å². The zero-order valence-electron chi connectivity index (χ0n) is 16.8. The Kier molecular flexibility index (Phi) is 3.48. The lowest BCUT2D eigenvalue weighted by atomic mass is 9.50. The van der Waals surface area contributed by atoms with E-state index in [0.717, 1.165) is 50.5 Å². The summed E-state index contributed by atoms with van der Waals surface area (Å²) in [4.78, 5) is 30.6. The Morgan fingerprint density at radius 1 is 1.21 bits per heavy atom. The van der Waals surface area contributed by atoms with E-state index in [4.69, 9.17) is 0 Å². The zero-order valence-corrected chi connectivity index (χ0v) is 16.8. The second kappa shape index (κ2) is 5.80. The Labute approximate surface area is 169 Å². The van der Waals surface area contributed by atoms with Crippen molar-refractivity contribution in [1.29, 1.82) is 0 Å². The molecule has 0 radical (unpaired) electrons. The number of aryl methyl sites for hydroxylation is 1. The molecule has 1 amide bonds. The maximum Gasteiger partial charge on any atom is 0.263 e. The van der Waals surface area contributed by atoms with Gasteiger partial charge in [-0.25, -0.2) is 9.67 Å². The first kappa shape index (κ1) is 17.4. The van der Waals surface area contributed by atoms with Crippen LogP contribution in [0.1, 0.15) is 73.3 Å². The van der Waals surface area contributed by atoms with Crippen LogP contribution in [0.5, 0.6) is 0 Å². The van der Waals surface area contributed by atoms with Gasteiger partial charge in [0.05, 0.1) is 5.54 Å². The maximum atomic E-state index is 13.4. The minimum atomic E-state index is -0.244. The van der Waals surface area contributed by atoms with E-state index >= 15 is 0 Å². The highest BCUT2D eigenvalue weighted by molar-refractivity contribution is 5.95. The molecule has 7 nitrogen and oxygen atoms in total. The number of nitrogens with one attached hydrogen (secondary N) is 1. The third-order valence-corrected chi connectivity index (χ3v) is 7.81. The predicted octanol–water partition coefficient (Wildman–Crippen LogP) is 2.56. The van der Waals surface area contributed by atoms with Crippen LogP contribution in [-0.4, -0.2) is 30.8 Å². The van der Waals surface area contributed by atoms with E-state index in [2.05, 4.69) is 15.4 Å². The third kappa shape index (κ3) is 2.62. The van der Waals surface area contributed by atoms with Gasteiger partial charge in [-0.05, 0) is 81.8 Å². The van der Waals surface area contributed by atoms with E-state index < -0.39 is 0 Å². The highest BCUT2D eigenvalue weighted by atomic mass is 16.2. The normalized spacial score (nSPS) is 35.1. The number of hydrogen-bond donors (Lipinski definition) is 1. The molecule has 0 aromatic carbocycles. The number of pyridine rings is 1. The third-order valence-electron chi connectivity index (χ3n) is 7.81. The lowest BCUT2D eigenvalue weighted by molar-refractivity contribution is -0.0744. The molecular weight excluding hydrogens is 366 g/mol. The lowest BCUT2D eigenvalue weighted by Crippen LogP contribution is -2.66. The summed E-state index contributed by atoms with van der Waals surface area (Å²) >= 11 is 0. The molecule has 4 bridgehead atoms. The van der Waals surface area contributed by atoms with E-state index in [-0.39, 0.29) is 28.6 Å². The zero-order chi connectivity index (χ0) is 19.8. The molecule has 152 valence electrons. The molecule has 0 saturated heterocycles. The van der Waals surface area contributed by atoms with Gasteiger partial charge >= 0.3 is 0 Å². The number of rotatable bonds is 4. The summed E-state index contributed by atoms with van der Waals surface area (Å²) in [5, 5.41) is 7.86. The van der Waals surface area contributed by atoms with E-state index in [0.29, 0.717) is 17.4 Å². The number of nitrogens with zero attached hydrogens (tertiary/aromatic N) is 4. The molecule has 5 aliphatic carbocycles. The van der Waals surface area contributed by atoms with Crippen LogP contribution in [0.4, 0.5) is 0 Å². The molecule has 2 atom stereocenters. The predicted molar refractivity (Wildman–Crippen MR) is 107 cm³/mol. The Morgan fingerprint density at radius 2 is 1.97 bits per heavy atom. The monoisotopic (exact) mass is 393 g/mol. The Morgan fingerprint density at radius 3 is 2.62 bits per heavy atom. The van der Waals surface area contributed by atoms with Crippen molar-refractivity contribution in [1.82, 2.24) is 24.6 Å². The quantitative estimate of drug-likeness (QED) is 0.866. The van der Waals surface area contributed by atoms with E-state index in [1.165, 1.54) is 6.42 Å². The van der Waals surface area contributed by atoms with Crippen LogP contribution < -0.4 is 10.9 Å². The number of amides is 1. The Balaban J connectivity index is 1.34. The molecule has 5 saturated carbocycles. The summed E-state index contributed by atoms with van der Waals surface area (Å²) in [7, 11) is 0. The molecule has 5 fully saturated rings. The summed E-state index contributed by atoms with van der Waals surface area (Å²) in [6, 6.07) is 2.18. The van der Waals surface area contributed by atoms with Gasteiger partial charge in [0, 0.05) is 17.8 Å². The maximum absolute atomic E-state index is 13.4. The first-order chi connectivity index (χ1) is 14.0. The topological polar surface area (TPSA) is 81.8 Å². The first-order valence-corrected chi connectivity index (χ1v) is 10.9. The molecule has 2 unspecified atom stereocenters. The van der Waals surface area contributed by atoms with Gasteiger partial charge in [-0.3, -0.25) is 9.59 Å². The molecular formula is C22H27N5O2. The van der Waals surface area contributed by atoms with Crippen molar-refractivity contribution in [2.75, 3.05) is 0 Å². The Hall–Kier alpha value is -2.44. The fraction of sp³-hybridized carbons (Fsp3) is 0.636. The fourth-order valence-electron chi connectivity index (χ4n) is 6.94. The van der Waals surface area contributed by atoms with Gasteiger partial charge in [0.25, 0.3) is 11.5 Å². The second-order valence-electron chi connectivity index (χ2n) is 10.1. The largest absolute Gasteiger partial charge is 0.346 e. The number of aromatic nitrogens is 4. The minimum absolute atomic E-state index is 0.0478. The summed E-state index contributed by atoms with van der Waals surface area (Å²) in [6.45, 7) is 1.87. The van der Waals surface area contributed by atoms with Crippen molar-refractivity contribution in [3.05, 3.63) is 46.4 Å². The van der Waals surface area contributed by atoms with E-state index in [1.807, 2.05) is 30.2 Å². The van der Waals surface area contributed by atoms with Gasteiger partial charge in [0.15, 0.2) is 0 Å². The van der Waals surface area contributed by atoms with Gasteiger partial charge in [0.2, 0.25) is 0 Å². The smallest absolute Gasteiger partial charge is 0.263 e. The van der Waals surface area contributed by atoms with Crippen molar-refractivity contribution in [3.63, 3.8) is 0 Å². The summed E-state index contributed by atoms with van der Waals surface area (Å²) in [5.41, 5.74) is 0.658. The van der Waals surface area contributed by atoms with E-state index in [1.54, 1.807) is 10.9 Å². The second-order valence-corrected chi connectivity index (χ2v) is 10.1. The summed E-state index contributed by atoms with van der Waals surface area (Å²) in [5.74, 6) is 1.000. The molecule has 2 aromatic heterocycles. The van der Waals surface area contributed by atoms with Gasteiger partial charge in [-0.2, -0.15) is 5.10 Å². The molecule has 5 aliphatic rings. The van der Waals surface area contributed by atoms with Gasteiger partial charge in [-0.15, -0.1) is 0 Å². The van der Waals surface area contributed by atoms with Crippen LogP contribution >= 0.6 is 0 Å². The first-order valence-electron chi connectivity index (χ1n) is 10.9. The number of carbonyl (C=O) groups excluding carboxylic acids is 1. The van der Waals surface area contributed by atoms with Crippen LogP contribution in [-0.2, 0) is 5.54 Å².